The molecular formula is C21H38N8O8. The van der Waals surface area contributed by atoms with Gasteiger partial charge in [0.1, 0.15) is 18.1 Å². The van der Waals surface area contributed by atoms with Crippen LogP contribution in [0.2, 0.25) is 0 Å². The highest BCUT2D eigenvalue weighted by atomic mass is 16.4. The molecule has 0 heterocycles. The second-order valence-electron chi connectivity index (χ2n) is 8.49. The van der Waals surface area contributed by atoms with E-state index in [-0.39, 0.29) is 38.2 Å². The number of nitrogens with one attached hydrogen (secondary N) is 3. The highest BCUT2D eigenvalue weighted by molar-refractivity contribution is 5.95. The van der Waals surface area contributed by atoms with Crippen LogP contribution in [-0.2, 0) is 28.8 Å². The molecule has 0 aliphatic heterocycles. The Kier molecular flexibility index (Phi) is 14.9. The molecular weight excluding hydrogens is 492 g/mol. The molecule has 13 N–H and O–H groups in total. The average Bonchev–Trinajstić information content (AvgIpc) is 2.80. The number of hydrogen-bond acceptors (Lipinski definition) is 8. The van der Waals surface area contributed by atoms with Crippen molar-refractivity contribution in [2.24, 2.45) is 33.8 Å². The zero-order valence-corrected chi connectivity index (χ0v) is 20.9. The number of nitrogens with zero attached hydrogens (tertiary/aromatic N) is 1. The maximum absolute atomic E-state index is 12.9. The molecule has 0 bridgehead atoms. The van der Waals surface area contributed by atoms with Crippen molar-refractivity contribution in [1.29, 1.82) is 0 Å². The SMILES string of the molecule is CCC(C)C(NC(=O)C(CC(=O)O)NC(=O)C(N)CCC(N)=O)C(=O)NC(CCCN=C(N)N)C(=O)O. The van der Waals surface area contributed by atoms with Crippen molar-refractivity contribution in [1.82, 2.24) is 16.0 Å². The molecule has 37 heavy (non-hydrogen) atoms. The first-order valence-electron chi connectivity index (χ1n) is 11.6. The normalized spacial score (nSPS) is 14.7. The number of nitrogens with two attached hydrogens (primary N) is 4. The third-order valence-corrected chi connectivity index (χ3v) is 5.40. The summed E-state index contributed by atoms with van der Waals surface area (Å²) in [7, 11) is 0. The molecule has 0 aromatic carbocycles. The Morgan fingerprint density at radius 1 is 0.865 bits per heavy atom. The topological polar surface area (TPSA) is 295 Å². The maximum Gasteiger partial charge on any atom is 0.326 e. The predicted octanol–water partition coefficient (Wildman–Crippen LogP) is -3.31. The molecule has 0 aliphatic carbocycles. The number of rotatable bonds is 18. The van der Waals surface area contributed by atoms with Crippen molar-refractivity contribution in [2.75, 3.05) is 6.54 Å². The first-order valence-corrected chi connectivity index (χ1v) is 11.6. The number of carbonyl (C=O) groups excluding carboxylic acids is 4. The van der Waals surface area contributed by atoms with E-state index in [4.69, 9.17) is 22.9 Å². The van der Waals surface area contributed by atoms with Crippen LogP contribution < -0.4 is 38.9 Å². The summed E-state index contributed by atoms with van der Waals surface area (Å²) in [5.41, 5.74) is 21.1. The van der Waals surface area contributed by atoms with Gasteiger partial charge in [0.15, 0.2) is 5.96 Å². The van der Waals surface area contributed by atoms with Crippen LogP contribution in [0.3, 0.4) is 0 Å². The number of carboxylic acid groups (broad SMARTS) is 2. The van der Waals surface area contributed by atoms with E-state index >= 15 is 0 Å². The second-order valence-corrected chi connectivity index (χ2v) is 8.49. The van der Waals surface area contributed by atoms with E-state index in [0.29, 0.717) is 6.42 Å². The zero-order chi connectivity index (χ0) is 28.7. The molecule has 0 aromatic heterocycles. The molecule has 5 atom stereocenters. The molecule has 0 radical (unpaired) electrons. The minimum Gasteiger partial charge on any atom is -0.481 e. The lowest BCUT2D eigenvalue weighted by Crippen LogP contribution is -2.59. The van der Waals surface area contributed by atoms with Crippen LogP contribution in [-0.4, -0.2) is 82.5 Å². The molecule has 4 amide bonds. The Balaban J connectivity index is 5.52. The van der Waals surface area contributed by atoms with Crippen LogP contribution >= 0.6 is 0 Å². The van der Waals surface area contributed by atoms with Crippen molar-refractivity contribution in [3.63, 3.8) is 0 Å². The van der Waals surface area contributed by atoms with Crippen LogP contribution in [0.1, 0.15) is 52.4 Å². The third kappa shape index (κ3) is 13.6. The van der Waals surface area contributed by atoms with Gasteiger partial charge in [-0.2, -0.15) is 0 Å². The molecule has 5 unspecified atom stereocenters. The van der Waals surface area contributed by atoms with E-state index < -0.39 is 72.1 Å². The Morgan fingerprint density at radius 3 is 1.95 bits per heavy atom. The zero-order valence-electron chi connectivity index (χ0n) is 20.9. The molecule has 0 saturated heterocycles. The van der Waals surface area contributed by atoms with Gasteiger partial charge >= 0.3 is 11.9 Å². The van der Waals surface area contributed by atoms with Crippen LogP contribution in [0.4, 0.5) is 0 Å². The molecule has 210 valence electrons. The van der Waals surface area contributed by atoms with E-state index in [9.17, 15) is 39.0 Å². The van der Waals surface area contributed by atoms with Crippen LogP contribution in [0.25, 0.3) is 0 Å². The maximum atomic E-state index is 12.9. The van der Waals surface area contributed by atoms with Gasteiger partial charge in [-0.1, -0.05) is 20.3 Å². The molecule has 0 spiro atoms. The third-order valence-electron chi connectivity index (χ3n) is 5.40. The molecule has 16 heteroatoms. The van der Waals surface area contributed by atoms with Gasteiger partial charge in [0.05, 0.1) is 12.5 Å². The lowest BCUT2D eigenvalue weighted by atomic mass is 9.97. The number of guanidine groups is 1. The van der Waals surface area contributed by atoms with Crippen molar-refractivity contribution in [3.8, 4) is 0 Å². The quantitative estimate of drug-likeness (QED) is 0.0480. The van der Waals surface area contributed by atoms with Gasteiger partial charge in [-0.25, -0.2) is 4.79 Å². The minimum atomic E-state index is -1.60. The van der Waals surface area contributed by atoms with Crippen LogP contribution in [0.5, 0.6) is 0 Å². The summed E-state index contributed by atoms with van der Waals surface area (Å²) in [6.07, 6.45) is -0.498. The Labute approximate surface area is 214 Å². The number of amides is 4. The summed E-state index contributed by atoms with van der Waals surface area (Å²) in [6, 6.07) is -5.38. The van der Waals surface area contributed by atoms with Gasteiger partial charge in [0.2, 0.25) is 23.6 Å². The fourth-order valence-corrected chi connectivity index (χ4v) is 3.07. The smallest absolute Gasteiger partial charge is 0.326 e. The Bertz CT molecular complexity index is 861. The predicted molar refractivity (Wildman–Crippen MR) is 131 cm³/mol. The minimum absolute atomic E-state index is 0.0000857. The first kappa shape index (κ1) is 33.0. The fraction of sp³-hybridized carbons (Fsp3) is 0.667. The molecule has 0 saturated carbocycles. The number of carboxylic acids is 2. The summed E-state index contributed by atoms with van der Waals surface area (Å²) in [5, 5.41) is 25.6. The standard InChI is InChI=1S/C21H38N8O8/c1-3-10(2)16(19(35)27-12(20(36)37)5-4-8-26-21(24)25)29-18(34)13(9-15(31)32)28-17(33)11(22)6-7-14(23)30/h10-13,16H,3-9,22H2,1-2H3,(H2,23,30)(H,27,35)(H,28,33)(H,29,34)(H,31,32)(H,36,37)(H4,24,25,26). The van der Waals surface area contributed by atoms with Crippen molar-refractivity contribution < 1.29 is 39.0 Å². The van der Waals surface area contributed by atoms with Gasteiger partial charge in [-0.05, 0) is 25.2 Å². The molecule has 0 fully saturated rings. The van der Waals surface area contributed by atoms with E-state index in [1.807, 2.05) is 0 Å². The number of hydrogen-bond donors (Lipinski definition) is 9. The second kappa shape index (κ2) is 16.7. The number of aliphatic imine (C=N–C) groups is 1. The molecule has 0 aromatic rings. The monoisotopic (exact) mass is 530 g/mol. The largest absolute Gasteiger partial charge is 0.481 e. The summed E-state index contributed by atoms with van der Waals surface area (Å²) >= 11 is 0. The Morgan fingerprint density at radius 2 is 1.46 bits per heavy atom. The summed E-state index contributed by atoms with van der Waals surface area (Å²) in [5.74, 6) is -6.75. The molecule has 0 aliphatic rings. The van der Waals surface area contributed by atoms with Gasteiger partial charge in [-0.15, -0.1) is 0 Å². The van der Waals surface area contributed by atoms with Crippen LogP contribution in [0, 0.1) is 5.92 Å². The van der Waals surface area contributed by atoms with E-state index in [1.54, 1.807) is 13.8 Å². The van der Waals surface area contributed by atoms with Gasteiger partial charge < -0.3 is 49.1 Å². The number of primary amides is 1. The number of aliphatic carboxylic acids is 2. The van der Waals surface area contributed by atoms with Crippen molar-refractivity contribution in [3.05, 3.63) is 0 Å². The summed E-state index contributed by atoms with van der Waals surface area (Å²) < 4.78 is 0. The lowest BCUT2D eigenvalue weighted by molar-refractivity contribution is -0.143. The molecule has 16 nitrogen and oxygen atoms in total. The first-order chi connectivity index (χ1) is 17.2. The van der Waals surface area contributed by atoms with Gasteiger partial charge in [-0.3, -0.25) is 29.0 Å². The fourth-order valence-electron chi connectivity index (χ4n) is 3.07. The summed E-state index contributed by atoms with van der Waals surface area (Å²) in [6.45, 7) is 3.50. The van der Waals surface area contributed by atoms with E-state index in [0.717, 1.165) is 0 Å². The summed E-state index contributed by atoms with van der Waals surface area (Å²) in [4.78, 5) is 75.7. The van der Waals surface area contributed by atoms with Gasteiger partial charge in [0.25, 0.3) is 0 Å². The highest BCUT2D eigenvalue weighted by Crippen LogP contribution is 2.11. The van der Waals surface area contributed by atoms with E-state index in [2.05, 4.69) is 20.9 Å². The van der Waals surface area contributed by atoms with Crippen LogP contribution in [0.15, 0.2) is 4.99 Å². The van der Waals surface area contributed by atoms with Crippen molar-refractivity contribution in [2.45, 2.75) is 76.5 Å². The van der Waals surface area contributed by atoms with Gasteiger partial charge in [0, 0.05) is 13.0 Å². The lowest BCUT2D eigenvalue weighted by Gasteiger charge is -2.27. The Hall–Kier alpha value is -3.95. The van der Waals surface area contributed by atoms with E-state index in [1.165, 1.54) is 0 Å². The van der Waals surface area contributed by atoms with Crippen molar-refractivity contribution >= 4 is 41.5 Å². The average molecular weight is 531 g/mol. The molecule has 0 rings (SSSR count). The highest BCUT2D eigenvalue weighted by Gasteiger charge is 2.33. The number of carbonyl (C=O) groups is 6.